The Morgan fingerprint density at radius 1 is 1.11 bits per heavy atom. The molecule has 0 unspecified atom stereocenters. The van der Waals surface area contributed by atoms with Crippen LogP contribution in [-0.2, 0) is 19.6 Å². The van der Waals surface area contributed by atoms with Crippen molar-refractivity contribution in [2.24, 2.45) is 0 Å². The van der Waals surface area contributed by atoms with Crippen LogP contribution in [0.1, 0.15) is 22.2 Å². The van der Waals surface area contributed by atoms with Crippen LogP contribution < -0.4 is 5.32 Å². The van der Waals surface area contributed by atoms with E-state index in [0.29, 0.717) is 0 Å². The number of pyridine rings is 1. The molecule has 3 nitrogen and oxygen atoms in total. The van der Waals surface area contributed by atoms with Crippen LogP contribution in [-0.4, -0.2) is 23.5 Å². The largest absolute Gasteiger partial charge is 0.315 e. The fourth-order valence-electron chi connectivity index (χ4n) is 2.02. The monoisotopic (exact) mass is 275 g/mol. The third-order valence-corrected chi connectivity index (χ3v) is 4.12. The molecule has 0 spiro atoms. The molecule has 0 saturated heterocycles. The summed E-state index contributed by atoms with van der Waals surface area (Å²) in [5.41, 5.74) is 1.32. The Kier molecular flexibility index (Phi) is 5.51. The van der Waals surface area contributed by atoms with Crippen molar-refractivity contribution in [1.82, 2.24) is 15.2 Å². The molecule has 0 aromatic carbocycles. The number of nitrogens with one attached hydrogen (secondary N) is 1. The van der Waals surface area contributed by atoms with E-state index in [-0.39, 0.29) is 0 Å². The van der Waals surface area contributed by atoms with Gasteiger partial charge in [-0.3, -0.25) is 9.88 Å². The summed E-state index contributed by atoms with van der Waals surface area (Å²) in [4.78, 5) is 9.34. The summed E-state index contributed by atoms with van der Waals surface area (Å²) in [6.45, 7) is 6.23. The maximum atomic E-state index is 4.06. The van der Waals surface area contributed by atoms with Crippen molar-refractivity contribution < 1.29 is 0 Å². The van der Waals surface area contributed by atoms with Crippen LogP contribution in [0.2, 0.25) is 0 Å². The Labute approximate surface area is 119 Å². The van der Waals surface area contributed by atoms with Gasteiger partial charge in [-0.1, -0.05) is 6.92 Å². The first-order valence-corrected chi connectivity index (χ1v) is 7.47. The molecule has 4 heteroatoms. The summed E-state index contributed by atoms with van der Waals surface area (Å²) < 4.78 is 0. The van der Waals surface area contributed by atoms with Crippen LogP contribution >= 0.6 is 11.3 Å². The second-order valence-corrected chi connectivity index (χ2v) is 5.81. The average molecular weight is 275 g/mol. The first kappa shape index (κ1) is 14.2. The van der Waals surface area contributed by atoms with Gasteiger partial charge in [-0.15, -0.1) is 11.3 Å². The molecule has 19 heavy (non-hydrogen) atoms. The number of rotatable bonds is 7. The Bertz CT molecular complexity index is 481. The molecule has 2 heterocycles. The summed E-state index contributed by atoms with van der Waals surface area (Å²) in [5, 5.41) is 3.19. The molecule has 0 aliphatic heterocycles. The molecule has 0 amide bonds. The lowest BCUT2D eigenvalue weighted by Gasteiger charge is -2.19. The highest BCUT2D eigenvalue weighted by Gasteiger charge is 2.07. The van der Waals surface area contributed by atoms with E-state index in [4.69, 9.17) is 0 Å². The normalized spacial score (nSPS) is 11.1. The summed E-state index contributed by atoms with van der Waals surface area (Å²) in [7, 11) is 1.99. The number of nitrogens with zero attached hydrogens (tertiary/aromatic N) is 2. The van der Waals surface area contributed by atoms with E-state index in [9.17, 15) is 0 Å². The average Bonchev–Trinajstić information content (AvgIpc) is 2.87. The Morgan fingerprint density at radius 2 is 1.84 bits per heavy atom. The van der Waals surface area contributed by atoms with E-state index in [0.717, 1.165) is 26.2 Å². The van der Waals surface area contributed by atoms with Gasteiger partial charge in [0.15, 0.2) is 0 Å². The van der Waals surface area contributed by atoms with Gasteiger partial charge in [0.05, 0.1) is 0 Å². The SMILES string of the molecule is CCN(Cc1ccncc1)Cc1ccc(CNC)s1. The zero-order valence-corrected chi connectivity index (χ0v) is 12.4. The molecule has 0 bridgehead atoms. The van der Waals surface area contributed by atoms with Gasteiger partial charge in [-0.2, -0.15) is 0 Å². The molecule has 2 aromatic heterocycles. The fourth-order valence-corrected chi connectivity index (χ4v) is 3.10. The first-order chi connectivity index (χ1) is 9.31. The van der Waals surface area contributed by atoms with Crippen molar-refractivity contribution in [3.8, 4) is 0 Å². The van der Waals surface area contributed by atoms with Crippen molar-refractivity contribution in [2.45, 2.75) is 26.6 Å². The standard InChI is InChI=1S/C15H21N3S/c1-3-18(11-13-6-8-17-9-7-13)12-15-5-4-14(19-15)10-16-2/h4-9,16H,3,10-12H2,1-2H3. The van der Waals surface area contributed by atoms with Gasteiger partial charge in [-0.05, 0) is 43.4 Å². The van der Waals surface area contributed by atoms with Gasteiger partial charge in [0.1, 0.15) is 0 Å². The quantitative estimate of drug-likeness (QED) is 0.842. The van der Waals surface area contributed by atoms with E-state index in [1.54, 1.807) is 0 Å². The second kappa shape index (κ2) is 7.38. The molecule has 0 atom stereocenters. The maximum Gasteiger partial charge on any atom is 0.0331 e. The number of hydrogen-bond acceptors (Lipinski definition) is 4. The van der Waals surface area contributed by atoms with Crippen molar-refractivity contribution >= 4 is 11.3 Å². The van der Waals surface area contributed by atoms with E-state index in [2.05, 4.69) is 46.4 Å². The lowest BCUT2D eigenvalue weighted by Crippen LogP contribution is -2.21. The summed E-state index contributed by atoms with van der Waals surface area (Å²) >= 11 is 1.90. The highest BCUT2D eigenvalue weighted by Crippen LogP contribution is 2.19. The lowest BCUT2D eigenvalue weighted by atomic mass is 10.2. The van der Waals surface area contributed by atoms with E-state index < -0.39 is 0 Å². The van der Waals surface area contributed by atoms with Crippen molar-refractivity contribution in [2.75, 3.05) is 13.6 Å². The molecular weight excluding hydrogens is 254 g/mol. The smallest absolute Gasteiger partial charge is 0.0331 e. The molecular formula is C15H21N3S. The second-order valence-electron chi connectivity index (χ2n) is 4.56. The third kappa shape index (κ3) is 4.42. The Balaban J connectivity index is 1.94. The minimum absolute atomic E-state index is 0.959. The highest BCUT2D eigenvalue weighted by atomic mass is 32.1. The summed E-state index contributed by atoms with van der Waals surface area (Å²) in [5.74, 6) is 0. The molecule has 2 rings (SSSR count). The Morgan fingerprint density at radius 3 is 2.53 bits per heavy atom. The van der Waals surface area contributed by atoms with Gasteiger partial charge < -0.3 is 5.32 Å². The summed E-state index contributed by atoms with van der Waals surface area (Å²) in [6.07, 6.45) is 3.72. The van der Waals surface area contributed by atoms with Crippen molar-refractivity contribution in [3.63, 3.8) is 0 Å². The molecule has 0 radical (unpaired) electrons. The van der Waals surface area contributed by atoms with Crippen LogP contribution in [0.5, 0.6) is 0 Å². The third-order valence-electron chi connectivity index (χ3n) is 3.05. The number of thiophene rings is 1. The van der Waals surface area contributed by atoms with Crippen molar-refractivity contribution in [3.05, 3.63) is 52.0 Å². The molecule has 0 aliphatic rings. The predicted octanol–water partition coefficient (Wildman–Crippen LogP) is 2.88. The van der Waals surface area contributed by atoms with Crippen LogP contribution in [0.15, 0.2) is 36.7 Å². The van der Waals surface area contributed by atoms with E-state index in [1.807, 2.05) is 30.8 Å². The van der Waals surface area contributed by atoms with Crippen LogP contribution in [0.4, 0.5) is 0 Å². The maximum absolute atomic E-state index is 4.06. The van der Waals surface area contributed by atoms with E-state index in [1.165, 1.54) is 15.3 Å². The predicted molar refractivity (Wildman–Crippen MR) is 81.1 cm³/mol. The minimum Gasteiger partial charge on any atom is -0.315 e. The molecule has 2 aromatic rings. The zero-order valence-electron chi connectivity index (χ0n) is 11.6. The highest BCUT2D eigenvalue weighted by molar-refractivity contribution is 7.11. The van der Waals surface area contributed by atoms with Gasteiger partial charge in [0.2, 0.25) is 0 Å². The Hall–Kier alpha value is -1.23. The molecule has 0 fully saturated rings. The molecule has 0 saturated carbocycles. The lowest BCUT2D eigenvalue weighted by molar-refractivity contribution is 0.274. The van der Waals surface area contributed by atoms with Gasteiger partial charge >= 0.3 is 0 Å². The number of aromatic nitrogens is 1. The summed E-state index contributed by atoms with van der Waals surface area (Å²) in [6, 6.07) is 8.64. The zero-order chi connectivity index (χ0) is 13.5. The van der Waals surface area contributed by atoms with Gasteiger partial charge in [0, 0.05) is 41.8 Å². The topological polar surface area (TPSA) is 28.2 Å². The van der Waals surface area contributed by atoms with Crippen molar-refractivity contribution in [1.29, 1.82) is 0 Å². The van der Waals surface area contributed by atoms with Crippen LogP contribution in [0.3, 0.4) is 0 Å². The molecule has 1 N–H and O–H groups in total. The fraction of sp³-hybridized carbons (Fsp3) is 0.400. The van der Waals surface area contributed by atoms with E-state index >= 15 is 0 Å². The molecule has 102 valence electrons. The van der Waals surface area contributed by atoms with Crippen LogP contribution in [0, 0.1) is 0 Å². The van der Waals surface area contributed by atoms with Gasteiger partial charge in [0.25, 0.3) is 0 Å². The van der Waals surface area contributed by atoms with Crippen LogP contribution in [0.25, 0.3) is 0 Å². The first-order valence-electron chi connectivity index (χ1n) is 6.65. The number of hydrogen-bond donors (Lipinski definition) is 1. The van der Waals surface area contributed by atoms with Gasteiger partial charge in [-0.25, -0.2) is 0 Å². The minimum atomic E-state index is 0.959. The molecule has 0 aliphatic carbocycles.